The molecule has 0 atom stereocenters. The van der Waals surface area contributed by atoms with E-state index in [1.54, 1.807) is 4.90 Å². The molecule has 6 nitrogen and oxygen atoms in total. The summed E-state index contributed by atoms with van der Waals surface area (Å²) in [6, 6.07) is 0. The second kappa shape index (κ2) is 7.96. The van der Waals surface area contributed by atoms with E-state index in [2.05, 4.69) is 9.72 Å². The van der Waals surface area contributed by atoms with Crippen molar-refractivity contribution in [3.8, 4) is 0 Å². The van der Waals surface area contributed by atoms with Crippen LogP contribution in [0.2, 0.25) is 0 Å². The second-order valence-electron chi connectivity index (χ2n) is 4.45. The molecule has 0 radical (unpaired) electrons. The Kier molecular flexibility index (Phi) is 6.60. The predicted octanol–water partition coefficient (Wildman–Crippen LogP) is 1.51. The van der Waals surface area contributed by atoms with Gasteiger partial charge in [-0.05, 0) is 14.0 Å². The maximum absolute atomic E-state index is 11.4. The minimum atomic E-state index is -0.218. The van der Waals surface area contributed by atoms with Crippen molar-refractivity contribution in [1.29, 1.82) is 0 Å². The first-order valence-corrected chi connectivity index (χ1v) is 7.33. The van der Waals surface area contributed by atoms with Crippen molar-refractivity contribution in [2.24, 2.45) is 0 Å². The number of amides is 1. The number of carbonyl (C=O) groups excluding carboxylic acids is 2. The fraction of sp³-hybridized carbons (Fsp3) is 0.615. The lowest BCUT2D eigenvalue weighted by Gasteiger charge is -2.15. The molecule has 0 fully saturated rings. The Balaban J connectivity index is 2.55. The Hall–Kier alpha value is -1.47. The van der Waals surface area contributed by atoms with Crippen molar-refractivity contribution in [2.75, 3.05) is 32.1 Å². The first-order valence-electron chi connectivity index (χ1n) is 6.45. The lowest BCUT2D eigenvalue weighted by atomic mass is 10.3. The van der Waals surface area contributed by atoms with Gasteiger partial charge in [0, 0.05) is 31.9 Å². The van der Waals surface area contributed by atoms with Gasteiger partial charge in [0.05, 0.1) is 19.2 Å². The molecule has 0 saturated heterocycles. The molecule has 1 rings (SSSR count). The Morgan fingerprint density at radius 2 is 2.15 bits per heavy atom. The third-order valence-electron chi connectivity index (χ3n) is 2.82. The van der Waals surface area contributed by atoms with Gasteiger partial charge in [-0.15, -0.1) is 11.3 Å². The van der Waals surface area contributed by atoms with Crippen molar-refractivity contribution in [3.63, 3.8) is 0 Å². The van der Waals surface area contributed by atoms with E-state index in [1.807, 2.05) is 24.3 Å². The molecule has 0 saturated carbocycles. The van der Waals surface area contributed by atoms with Crippen molar-refractivity contribution < 1.29 is 14.3 Å². The van der Waals surface area contributed by atoms with E-state index in [-0.39, 0.29) is 11.9 Å². The quantitative estimate of drug-likeness (QED) is 0.714. The number of hydrogen-bond acceptors (Lipinski definition) is 6. The summed E-state index contributed by atoms with van der Waals surface area (Å²) < 4.78 is 4.60. The normalized spacial score (nSPS) is 10.7. The standard InChI is InChI=1S/C13H21N3O3S/c1-5-16(10(2)17)13-14-11(9-20-13)8-15(3)7-6-12(18)19-4/h9H,5-8H2,1-4H3. The number of nitrogens with zero attached hydrogens (tertiary/aromatic N) is 3. The maximum Gasteiger partial charge on any atom is 0.306 e. The molecule has 112 valence electrons. The zero-order valence-electron chi connectivity index (χ0n) is 12.4. The molecule has 1 amide bonds. The summed E-state index contributed by atoms with van der Waals surface area (Å²) in [5.74, 6) is -0.225. The van der Waals surface area contributed by atoms with Crippen LogP contribution in [0.4, 0.5) is 5.13 Å². The van der Waals surface area contributed by atoms with Crippen LogP contribution in [0.1, 0.15) is 26.0 Å². The zero-order valence-corrected chi connectivity index (χ0v) is 13.2. The van der Waals surface area contributed by atoms with E-state index in [1.165, 1.54) is 25.4 Å². The maximum atomic E-state index is 11.4. The van der Waals surface area contributed by atoms with Gasteiger partial charge in [-0.25, -0.2) is 4.98 Å². The smallest absolute Gasteiger partial charge is 0.306 e. The molecule has 1 aromatic heterocycles. The largest absolute Gasteiger partial charge is 0.469 e. The molecule has 0 bridgehead atoms. The molecule has 0 aliphatic carbocycles. The molecule has 0 aliphatic heterocycles. The van der Waals surface area contributed by atoms with Gasteiger partial charge in [0.15, 0.2) is 5.13 Å². The van der Waals surface area contributed by atoms with Crippen LogP contribution in [0.5, 0.6) is 0 Å². The highest BCUT2D eigenvalue weighted by Gasteiger charge is 2.14. The molecule has 0 aromatic carbocycles. The Morgan fingerprint density at radius 3 is 2.70 bits per heavy atom. The molecule has 1 aromatic rings. The van der Waals surface area contributed by atoms with Crippen LogP contribution in [-0.4, -0.2) is 49.0 Å². The van der Waals surface area contributed by atoms with Crippen LogP contribution in [0.3, 0.4) is 0 Å². The fourth-order valence-electron chi connectivity index (χ4n) is 1.73. The Morgan fingerprint density at radius 1 is 1.45 bits per heavy atom. The van der Waals surface area contributed by atoms with E-state index in [0.29, 0.717) is 26.1 Å². The number of thiazole rings is 1. The average molecular weight is 299 g/mol. The molecule has 20 heavy (non-hydrogen) atoms. The summed E-state index contributed by atoms with van der Waals surface area (Å²) in [7, 11) is 3.31. The van der Waals surface area contributed by atoms with Crippen LogP contribution in [0.25, 0.3) is 0 Å². The van der Waals surface area contributed by atoms with Crippen LogP contribution >= 0.6 is 11.3 Å². The van der Waals surface area contributed by atoms with E-state index in [0.717, 1.165) is 10.8 Å². The van der Waals surface area contributed by atoms with Crippen LogP contribution in [0, 0.1) is 0 Å². The number of rotatable bonds is 7. The lowest BCUT2D eigenvalue weighted by Crippen LogP contribution is -2.28. The molecule has 7 heteroatoms. The van der Waals surface area contributed by atoms with Gasteiger partial charge in [-0.2, -0.15) is 0 Å². The number of hydrogen-bond donors (Lipinski definition) is 0. The van der Waals surface area contributed by atoms with Crippen molar-refractivity contribution >= 4 is 28.3 Å². The summed E-state index contributed by atoms with van der Waals surface area (Å²) in [6.45, 7) is 5.32. The minimum Gasteiger partial charge on any atom is -0.469 e. The highest BCUT2D eigenvalue weighted by molar-refractivity contribution is 7.14. The summed E-state index contributed by atoms with van der Waals surface area (Å²) >= 11 is 1.46. The first-order chi connectivity index (χ1) is 9.47. The Labute approximate surface area is 123 Å². The number of ether oxygens (including phenoxy) is 1. The van der Waals surface area contributed by atoms with Gasteiger partial charge in [-0.1, -0.05) is 0 Å². The van der Waals surface area contributed by atoms with Gasteiger partial charge >= 0.3 is 5.97 Å². The third kappa shape index (κ3) is 4.90. The van der Waals surface area contributed by atoms with Crippen molar-refractivity contribution in [2.45, 2.75) is 26.8 Å². The van der Waals surface area contributed by atoms with E-state index in [9.17, 15) is 9.59 Å². The Bertz CT molecular complexity index is 461. The number of anilines is 1. The summed E-state index contributed by atoms with van der Waals surface area (Å²) in [5.41, 5.74) is 0.900. The molecule has 0 unspecified atom stereocenters. The van der Waals surface area contributed by atoms with E-state index >= 15 is 0 Å². The number of carbonyl (C=O) groups is 2. The molecule has 0 N–H and O–H groups in total. The monoisotopic (exact) mass is 299 g/mol. The number of methoxy groups -OCH3 is 1. The first kappa shape index (κ1) is 16.6. The molecular weight excluding hydrogens is 278 g/mol. The highest BCUT2D eigenvalue weighted by atomic mass is 32.1. The minimum absolute atomic E-state index is 0.00699. The van der Waals surface area contributed by atoms with Crippen molar-refractivity contribution in [3.05, 3.63) is 11.1 Å². The SMILES string of the molecule is CCN(C(C)=O)c1nc(CN(C)CCC(=O)OC)cs1. The summed E-state index contributed by atoms with van der Waals surface area (Å²) in [6.07, 6.45) is 0.360. The van der Waals surface area contributed by atoms with Gasteiger partial charge in [0.1, 0.15) is 0 Å². The molecule has 0 spiro atoms. The van der Waals surface area contributed by atoms with Gasteiger partial charge in [-0.3, -0.25) is 19.4 Å². The number of aromatic nitrogens is 1. The predicted molar refractivity (Wildman–Crippen MR) is 78.8 cm³/mol. The average Bonchev–Trinajstić information content (AvgIpc) is 2.84. The number of esters is 1. The van der Waals surface area contributed by atoms with E-state index in [4.69, 9.17) is 0 Å². The van der Waals surface area contributed by atoms with Gasteiger partial charge < -0.3 is 4.74 Å². The highest BCUT2D eigenvalue weighted by Crippen LogP contribution is 2.21. The summed E-state index contributed by atoms with van der Waals surface area (Å²) in [4.78, 5) is 30.6. The van der Waals surface area contributed by atoms with Crippen molar-refractivity contribution in [1.82, 2.24) is 9.88 Å². The van der Waals surface area contributed by atoms with Crippen LogP contribution < -0.4 is 4.90 Å². The van der Waals surface area contributed by atoms with Crippen LogP contribution in [-0.2, 0) is 20.9 Å². The molecular formula is C13H21N3O3S. The van der Waals surface area contributed by atoms with Gasteiger partial charge in [0.2, 0.25) is 5.91 Å². The second-order valence-corrected chi connectivity index (χ2v) is 5.29. The van der Waals surface area contributed by atoms with Gasteiger partial charge in [0.25, 0.3) is 0 Å². The fourth-order valence-corrected chi connectivity index (χ4v) is 2.65. The van der Waals surface area contributed by atoms with Crippen LogP contribution in [0.15, 0.2) is 5.38 Å². The lowest BCUT2D eigenvalue weighted by molar-refractivity contribution is -0.140. The third-order valence-corrected chi connectivity index (χ3v) is 3.74. The summed E-state index contributed by atoms with van der Waals surface area (Å²) in [5, 5.41) is 2.66. The molecule has 1 heterocycles. The topological polar surface area (TPSA) is 62.7 Å². The van der Waals surface area contributed by atoms with E-state index < -0.39 is 0 Å². The zero-order chi connectivity index (χ0) is 15.1. The molecule has 0 aliphatic rings.